The largest absolute Gasteiger partial charge is 0.481 e. The second-order valence-corrected chi connectivity index (χ2v) is 11.5. The van der Waals surface area contributed by atoms with Crippen LogP contribution in [-0.4, -0.2) is 27.6 Å². The van der Waals surface area contributed by atoms with Crippen molar-refractivity contribution in [1.29, 1.82) is 0 Å². The minimum absolute atomic E-state index is 0.0396. The van der Waals surface area contributed by atoms with E-state index in [-0.39, 0.29) is 34.9 Å². The van der Waals surface area contributed by atoms with Crippen LogP contribution >= 0.6 is 0 Å². The second-order valence-electron chi connectivity index (χ2n) is 11.5. The Hall–Kier alpha value is -1.94. The fourth-order valence-electron chi connectivity index (χ4n) is 7.96. The van der Waals surface area contributed by atoms with Gasteiger partial charge in [-0.1, -0.05) is 45.6 Å². The SMILES string of the molecule is C=C(C)[C@@](O)(CC)CC[C@@H](C)[C@H]1CC[C@H]2C3C=CC4=CC(=O)C=C[C@@]4(C)[C@H]3CC[C@]12C(=O)O. The molecule has 0 spiro atoms. The van der Waals surface area contributed by atoms with E-state index in [4.69, 9.17) is 0 Å². The first-order valence-electron chi connectivity index (χ1n) is 12.7. The summed E-state index contributed by atoms with van der Waals surface area (Å²) >= 11 is 0. The van der Waals surface area contributed by atoms with E-state index >= 15 is 0 Å². The number of fused-ring (bicyclic) bond motifs is 5. The summed E-state index contributed by atoms with van der Waals surface area (Å²) in [5, 5.41) is 21.6. The van der Waals surface area contributed by atoms with Crippen molar-refractivity contribution in [3.8, 4) is 0 Å². The van der Waals surface area contributed by atoms with Crippen molar-refractivity contribution in [2.75, 3.05) is 0 Å². The molecule has 2 fully saturated rings. The van der Waals surface area contributed by atoms with Gasteiger partial charge < -0.3 is 10.2 Å². The van der Waals surface area contributed by atoms with E-state index in [1.54, 1.807) is 12.2 Å². The minimum atomic E-state index is -0.867. The number of carbonyl (C=O) groups is 2. The van der Waals surface area contributed by atoms with E-state index in [1.807, 2.05) is 13.8 Å². The van der Waals surface area contributed by atoms with E-state index in [0.29, 0.717) is 25.2 Å². The molecular weight excluding hydrogens is 412 g/mol. The lowest BCUT2D eigenvalue weighted by molar-refractivity contribution is -0.163. The Morgan fingerprint density at radius 2 is 2.00 bits per heavy atom. The van der Waals surface area contributed by atoms with Crippen molar-refractivity contribution in [3.05, 3.63) is 48.1 Å². The Morgan fingerprint density at radius 1 is 1.27 bits per heavy atom. The molecule has 4 heteroatoms. The summed E-state index contributed by atoms with van der Waals surface area (Å²) in [6.07, 6.45) is 15.3. The van der Waals surface area contributed by atoms with Gasteiger partial charge in [0.15, 0.2) is 5.78 Å². The molecule has 0 saturated heterocycles. The van der Waals surface area contributed by atoms with Crippen LogP contribution in [0.5, 0.6) is 0 Å². The van der Waals surface area contributed by atoms with Crippen LogP contribution in [0.2, 0.25) is 0 Å². The average molecular weight is 453 g/mol. The van der Waals surface area contributed by atoms with Gasteiger partial charge in [0.25, 0.3) is 0 Å². The first-order chi connectivity index (χ1) is 15.5. The van der Waals surface area contributed by atoms with Crippen molar-refractivity contribution in [2.45, 2.75) is 78.2 Å². The van der Waals surface area contributed by atoms with Gasteiger partial charge in [-0.15, -0.1) is 0 Å². The molecule has 33 heavy (non-hydrogen) atoms. The number of hydrogen-bond donors (Lipinski definition) is 2. The Balaban J connectivity index is 1.61. The number of allylic oxidation sites excluding steroid dienone is 6. The van der Waals surface area contributed by atoms with Crippen LogP contribution in [-0.2, 0) is 9.59 Å². The van der Waals surface area contributed by atoms with E-state index in [2.05, 4.69) is 38.7 Å². The van der Waals surface area contributed by atoms with Gasteiger partial charge in [0.2, 0.25) is 0 Å². The normalized spacial score (nSPS) is 39.7. The molecule has 0 heterocycles. The maximum Gasteiger partial charge on any atom is 0.310 e. The van der Waals surface area contributed by atoms with Crippen molar-refractivity contribution < 1.29 is 19.8 Å². The molecule has 0 aromatic rings. The highest BCUT2D eigenvalue weighted by atomic mass is 16.4. The number of aliphatic hydroxyl groups is 1. The average Bonchev–Trinajstić information content (AvgIpc) is 3.19. The monoisotopic (exact) mass is 452 g/mol. The minimum Gasteiger partial charge on any atom is -0.481 e. The third-order valence-electron chi connectivity index (χ3n) is 10.2. The number of carboxylic acids is 1. The quantitative estimate of drug-likeness (QED) is 0.473. The van der Waals surface area contributed by atoms with Gasteiger partial charge in [-0.2, -0.15) is 0 Å². The highest BCUT2D eigenvalue weighted by Crippen LogP contribution is 2.66. The lowest BCUT2D eigenvalue weighted by atomic mass is 9.48. The van der Waals surface area contributed by atoms with E-state index in [9.17, 15) is 19.8 Å². The molecule has 0 aromatic carbocycles. The molecule has 2 saturated carbocycles. The molecule has 180 valence electrons. The standard InChI is InChI=1S/C29H40O4/c1-6-28(33,18(2)3)15-11-19(4)23-9-10-25-22-8-7-20-17-21(30)12-14-27(20,5)24(22)13-16-29(23,25)26(31)32/h7-8,12,14,17,19,22-25,33H,2,6,9-11,13,15-16H2,1,3-5H3,(H,31,32)/t19-,22?,23-,24+,25+,27-,28-,29+/m1/s1. The van der Waals surface area contributed by atoms with Gasteiger partial charge in [0.1, 0.15) is 0 Å². The van der Waals surface area contributed by atoms with E-state index in [0.717, 1.165) is 36.8 Å². The van der Waals surface area contributed by atoms with Crippen LogP contribution < -0.4 is 0 Å². The summed E-state index contributed by atoms with van der Waals surface area (Å²) in [5.74, 6) is 0.416. The maximum absolute atomic E-state index is 13.0. The van der Waals surface area contributed by atoms with E-state index < -0.39 is 17.0 Å². The zero-order chi connectivity index (χ0) is 24.2. The van der Waals surface area contributed by atoms with Gasteiger partial charge in [0.05, 0.1) is 11.0 Å². The zero-order valence-electron chi connectivity index (χ0n) is 20.6. The number of ketones is 1. The number of carbonyl (C=O) groups excluding carboxylic acids is 1. The highest BCUT2D eigenvalue weighted by molar-refractivity contribution is 6.01. The van der Waals surface area contributed by atoms with Gasteiger partial charge in [-0.3, -0.25) is 9.59 Å². The summed E-state index contributed by atoms with van der Waals surface area (Å²) in [5.41, 5.74) is 0.0959. The fourth-order valence-corrected chi connectivity index (χ4v) is 7.96. The van der Waals surface area contributed by atoms with Crippen molar-refractivity contribution in [2.24, 2.45) is 40.4 Å². The van der Waals surface area contributed by atoms with Crippen LogP contribution in [0.25, 0.3) is 0 Å². The zero-order valence-corrected chi connectivity index (χ0v) is 20.6. The molecule has 4 aliphatic carbocycles. The van der Waals surface area contributed by atoms with Crippen molar-refractivity contribution in [3.63, 3.8) is 0 Å². The molecule has 0 aliphatic heterocycles. The molecule has 4 aliphatic rings. The smallest absolute Gasteiger partial charge is 0.310 e. The number of carboxylic acid groups (broad SMARTS) is 1. The summed E-state index contributed by atoms with van der Waals surface area (Å²) in [6.45, 7) is 12.3. The molecule has 0 aromatic heterocycles. The molecule has 8 atom stereocenters. The van der Waals surface area contributed by atoms with Crippen LogP contribution in [0.3, 0.4) is 0 Å². The Morgan fingerprint density at radius 3 is 2.64 bits per heavy atom. The van der Waals surface area contributed by atoms with Crippen molar-refractivity contribution >= 4 is 11.8 Å². The topological polar surface area (TPSA) is 74.6 Å². The third-order valence-corrected chi connectivity index (χ3v) is 10.2. The van der Waals surface area contributed by atoms with Crippen LogP contribution in [0.15, 0.2) is 48.1 Å². The lowest BCUT2D eigenvalue weighted by Gasteiger charge is -2.54. The molecule has 0 amide bonds. The molecule has 4 nitrogen and oxygen atoms in total. The predicted octanol–water partition coefficient (Wildman–Crippen LogP) is 5.88. The molecular formula is C29H40O4. The Kier molecular flexibility index (Phi) is 6.14. The fraction of sp³-hybridized carbons (Fsp3) is 0.655. The third kappa shape index (κ3) is 3.60. The maximum atomic E-state index is 13.0. The Bertz CT molecular complexity index is 941. The molecule has 4 rings (SSSR count). The van der Waals surface area contributed by atoms with Crippen LogP contribution in [0.4, 0.5) is 0 Å². The van der Waals surface area contributed by atoms with Gasteiger partial charge in [-0.25, -0.2) is 0 Å². The summed E-state index contributed by atoms with van der Waals surface area (Å²) in [4.78, 5) is 24.9. The number of hydrogen-bond acceptors (Lipinski definition) is 3. The molecule has 2 N–H and O–H groups in total. The predicted molar refractivity (Wildman–Crippen MR) is 130 cm³/mol. The van der Waals surface area contributed by atoms with Crippen LogP contribution in [0, 0.1) is 40.4 Å². The summed E-state index contributed by atoms with van der Waals surface area (Å²) < 4.78 is 0. The van der Waals surface area contributed by atoms with Crippen LogP contribution in [0.1, 0.15) is 72.6 Å². The second kappa shape index (κ2) is 8.37. The first-order valence-corrected chi connectivity index (χ1v) is 12.7. The number of rotatable bonds is 7. The lowest BCUT2D eigenvalue weighted by Crippen LogP contribution is -2.53. The van der Waals surface area contributed by atoms with Gasteiger partial charge in [-0.05, 0) is 105 Å². The van der Waals surface area contributed by atoms with Crippen molar-refractivity contribution in [1.82, 2.24) is 0 Å². The molecule has 0 bridgehead atoms. The summed E-state index contributed by atoms with van der Waals surface area (Å²) in [7, 11) is 0. The summed E-state index contributed by atoms with van der Waals surface area (Å²) in [6, 6.07) is 0. The Labute approximate surface area is 198 Å². The van der Waals surface area contributed by atoms with Gasteiger partial charge >= 0.3 is 5.97 Å². The van der Waals surface area contributed by atoms with Gasteiger partial charge in [0, 0.05) is 5.41 Å². The highest BCUT2D eigenvalue weighted by Gasteiger charge is 2.63. The first kappa shape index (κ1) is 24.2. The molecule has 0 radical (unpaired) electrons. The number of aliphatic carboxylic acids is 1. The molecule has 1 unspecified atom stereocenters. The van der Waals surface area contributed by atoms with E-state index in [1.165, 1.54) is 0 Å².